The lowest BCUT2D eigenvalue weighted by atomic mass is 9.98. The van der Waals surface area contributed by atoms with Gasteiger partial charge in [-0.1, -0.05) is 97.1 Å². The summed E-state index contributed by atoms with van der Waals surface area (Å²) in [5.41, 5.74) is 10.8. The predicted molar refractivity (Wildman–Crippen MR) is 186 cm³/mol. The van der Waals surface area contributed by atoms with Crippen LogP contribution in [0.4, 0.5) is 17.3 Å². The summed E-state index contributed by atoms with van der Waals surface area (Å²) in [6.07, 6.45) is 3.02. The minimum atomic E-state index is -6.00. The summed E-state index contributed by atoms with van der Waals surface area (Å²) in [5.74, 6) is 0.881. The van der Waals surface area contributed by atoms with Gasteiger partial charge < -0.3 is 27.0 Å². The molecule has 0 bridgehead atoms. The van der Waals surface area contributed by atoms with E-state index in [0.717, 1.165) is 29.8 Å². The van der Waals surface area contributed by atoms with Crippen LogP contribution >= 0.6 is 0 Å². The smallest absolute Gasteiger partial charge is 0.489 e. The van der Waals surface area contributed by atoms with Crippen molar-refractivity contribution in [3.63, 3.8) is 0 Å². The molecule has 7 aromatic rings. The highest BCUT2D eigenvalue weighted by Gasteiger charge is 2.23. The van der Waals surface area contributed by atoms with Crippen LogP contribution in [0.25, 0.3) is 44.5 Å². The zero-order valence-electron chi connectivity index (χ0n) is 26.1. The third-order valence-corrected chi connectivity index (χ3v) is 8.00. The molecule has 2 aromatic heterocycles. The molecule has 0 saturated heterocycles. The predicted octanol–water partition coefficient (Wildman–Crippen LogP) is 10.6. The standard InChI is InChI=1S/C40H33N2O.BF4/c1-5-13-30(14-6-1)29-43-36-21-22-38-37(27-36)34(28-41-38)23-24-42-39(32-17-9-3-10-18-32)25-35(31-15-7-2-8-16-31)26-40(42)33-19-11-4-12-20-33;2-1(3,4)5/h1-22,25-28,41H,23-24,29H2;/q+1;-1. The average molecular weight is 645 g/mol. The van der Waals surface area contributed by atoms with Gasteiger partial charge in [-0.15, -0.1) is 0 Å². The van der Waals surface area contributed by atoms with Gasteiger partial charge in [0.2, 0.25) is 11.4 Å². The van der Waals surface area contributed by atoms with Crippen molar-refractivity contribution in [3.8, 4) is 39.4 Å². The van der Waals surface area contributed by atoms with Gasteiger partial charge in [-0.05, 0) is 64.7 Å². The molecule has 0 unspecified atom stereocenters. The Hall–Kier alpha value is -5.63. The van der Waals surface area contributed by atoms with E-state index in [2.05, 4.69) is 143 Å². The molecule has 8 heteroatoms. The number of fused-ring (bicyclic) bond motifs is 1. The van der Waals surface area contributed by atoms with Crippen LogP contribution in [0.1, 0.15) is 11.1 Å². The zero-order chi connectivity index (χ0) is 33.3. The number of ether oxygens (including phenoxy) is 1. The van der Waals surface area contributed by atoms with Crippen LogP contribution in [0.2, 0.25) is 0 Å². The Morgan fingerprint density at radius 3 is 1.60 bits per heavy atom. The topological polar surface area (TPSA) is 28.9 Å². The second kappa shape index (κ2) is 14.9. The Morgan fingerprint density at radius 1 is 0.562 bits per heavy atom. The maximum absolute atomic E-state index is 9.75. The summed E-state index contributed by atoms with van der Waals surface area (Å²) in [7, 11) is -6.00. The molecule has 0 aliphatic rings. The van der Waals surface area contributed by atoms with E-state index in [-0.39, 0.29) is 0 Å². The van der Waals surface area contributed by atoms with Gasteiger partial charge in [0.05, 0.1) is 0 Å². The molecule has 0 spiro atoms. The van der Waals surface area contributed by atoms with Gasteiger partial charge in [-0.25, -0.2) is 0 Å². The Kier molecular flexibility index (Phi) is 10.0. The van der Waals surface area contributed by atoms with Gasteiger partial charge in [-0.3, -0.25) is 0 Å². The fourth-order valence-electron chi connectivity index (χ4n) is 5.78. The number of hydrogen-bond donors (Lipinski definition) is 1. The average Bonchev–Trinajstić information content (AvgIpc) is 3.52. The number of benzene rings is 5. The summed E-state index contributed by atoms with van der Waals surface area (Å²) < 4.78 is 47.7. The van der Waals surface area contributed by atoms with Crippen molar-refractivity contribution in [2.24, 2.45) is 0 Å². The molecule has 0 saturated carbocycles. The maximum Gasteiger partial charge on any atom is 0.673 e. The molecular weight excluding hydrogens is 611 g/mol. The van der Waals surface area contributed by atoms with Crippen molar-refractivity contribution in [3.05, 3.63) is 169 Å². The van der Waals surface area contributed by atoms with Gasteiger partial charge >= 0.3 is 7.25 Å². The Labute approximate surface area is 277 Å². The number of nitrogens with zero attached hydrogens (tertiary/aromatic N) is 1. The molecule has 7 rings (SSSR count). The van der Waals surface area contributed by atoms with Gasteiger partial charge in [0, 0.05) is 46.8 Å². The number of rotatable bonds is 9. The number of hydrogen-bond acceptors (Lipinski definition) is 1. The first-order valence-corrected chi connectivity index (χ1v) is 15.7. The lowest BCUT2D eigenvalue weighted by Crippen LogP contribution is -2.40. The van der Waals surface area contributed by atoms with E-state index in [1.165, 1.54) is 44.6 Å². The van der Waals surface area contributed by atoms with Crippen molar-refractivity contribution in [1.29, 1.82) is 0 Å². The van der Waals surface area contributed by atoms with Crippen LogP contribution in [0.3, 0.4) is 0 Å². The summed E-state index contributed by atoms with van der Waals surface area (Å²) >= 11 is 0. The van der Waals surface area contributed by atoms with Gasteiger partial charge in [0.15, 0.2) is 6.54 Å². The molecule has 0 fully saturated rings. The van der Waals surface area contributed by atoms with E-state index >= 15 is 0 Å². The highest BCUT2D eigenvalue weighted by atomic mass is 19.5. The van der Waals surface area contributed by atoms with Crippen LogP contribution in [-0.4, -0.2) is 12.2 Å². The van der Waals surface area contributed by atoms with Gasteiger partial charge in [-0.2, -0.15) is 4.57 Å². The Morgan fingerprint density at radius 2 is 1.06 bits per heavy atom. The third-order valence-electron chi connectivity index (χ3n) is 8.00. The molecule has 1 N–H and O–H groups in total. The summed E-state index contributed by atoms with van der Waals surface area (Å²) in [5, 5.41) is 1.20. The third kappa shape index (κ3) is 8.39. The number of aromatic nitrogens is 2. The second-order valence-electron chi connectivity index (χ2n) is 11.3. The lowest BCUT2D eigenvalue weighted by Gasteiger charge is -2.13. The number of H-pyrrole nitrogens is 1. The molecule has 240 valence electrons. The molecule has 48 heavy (non-hydrogen) atoms. The van der Waals surface area contributed by atoms with Crippen LogP contribution in [0, 0.1) is 0 Å². The Bertz CT molecular complexity index is 2000. The lowest BCUT2D eigenvalue weighted by molar-refractivity contribution is -0.674. The van der Waals surface area contributed by atoms with Crippen molar-refractivity contribution in [1.82, 2.24) is 4.98 Å². The Balaban J connectivity index is 0.000000749. The molecule has 0 aliphatic heterocycles. The first-order valence-electron chi connectivity index (χ1n) is 15.7. The summed E-state index contributed by atoms with van der Waals surface area (Å²) in [6.45, 7) is 1.38. The van der Waals surface area contributed by atoms with E-state index < -0.39 is 7.25 Å². The fraction of sp³-hybridized carbons (Fsp3) is 0.0750. The first kappa shape index (κ1) is 32.3. The van der Waals surface area contributed by atoms with Crippen molar-refractivity contribution >= 4 is 18.2 Å². The minimum absolute atomic E-state index is 0.552. The number of aromatic amines is 1. The van der Waals surface area contributed by atoms with E-state index in [0.29, 0.717) is 6.61 Å². The molecular formula is C40H33BF4N2O. The SMILES string of the molecule is F[B-](F)(F)F.c1ccc(COc2ccc3[nH]cc(CC[n+]4c(-c5ccccc5)cc(-c5ccccc5)cc4-c4ccccc4)c3c2)cc1. The van der Waals surface area contributed by atoms with Crippen molar-refractivity contribution < 1.29 is 26.6 Å². The number of halogens is 4. The van der Waals surface area contributed by atoms with Gasteiger partial charge in [0.25, 0.3) is 0 Å². The van der Waals surface area contributed by atoms with Crippen molar-refractivity contribution in [2.75, 3.05) is 0 Å². The monoisotopic (exact) mass is 644 g/mol. The molecule has 0 atom stereocenters. The summed E-state index contributed by atoms with van der Waals surface area (Å²) in [4.78, 5) is 3.48. The highest BCUT2D eigenvalue weighted by molar-refractivity contribution is 6.50. The normalized spacial score (nSPS) is 11.2. The maximum atomic E-state index is 9.75. The van der Waals surface area contributed by atoms with Crippen LogP contribution in [-0.2, 0) is 19.6 Å². The quantitative estimate of drug-likeness (QED) is 0.0946. The largest absolute Gasteiger partial charge is 0.673 e. The van der Waals surface area contributed by atoms with Crippen molar-refractivity contribution in [2.45, 2.75) is 19.6 Å². The van der Waals surface area contributed by atoms with E-state index in [9.17, 15) is 17.3 Å². The second-order valence-corrected chi connectivity index (χ2v) is 11.3. The van der Waals surface area contributed by atoms with Crippen LogP contribution < -0.4 is 9.30 Å². The zero-order valence-corrected chi connectivity index (χ0v) is 26.1. The van der Waals surface area contributed by atoms with E-state index in [4.69, 9.17) is 4.74 Å². The molecule has 0 amide bonds. The van der Waals surface area contributed by atoms with E-state index in [1.54, 1.807) is 0 Å². The molecule has 2 heterocycles. The fourth-order valence-corrected chi connectivity index (χ4v) is 5.78. The van der Waals surface area contributed by atoms with E-state index in [1.807, 2.05) is 24.3 Å². The first-order chi connectivity index (χ1) is 23.3. The number of aryl methyl sites for hydroxylation is 1. The van der Waals surface area contributed by atoms with Crippen LogP contribution in [0.15, 0.2) is 158 Å². The molecule has 5 aromatic carbocycles. The van der Waals surface area contributed by atoms with Crippen LogP contribution in [0.5, 0.6) is 5.75 Å². The molecule has 0 radical (unpaired) electrons. The minimum Gasteiger partial charge on any atom is -0.489 e. The highest BCUT2D eigenvalue weighted by Crippen LogP contribution is 2.30. The summed E-state index contributed by atoms with van der Waals surface area (Å²) in [6, 6.07) is 53.4. The number of pyridine rings is 1. The molecule has 0 aliphatic carbocycles. The number of nitrogens with one attached hydrogen (secondary N) is 1. The van der Waals surface area contributed by atoms with Gasteiger partial charge in [0.1, 0.15) is 12.4 Å². The molecule has 3 nitrogen and oxygen atoms in total.